The van der Waals surface area contributed by atoms with Crippen molar-refractivity contribution in [3.05, 3.63) is 0 Å². The normalized spacial score (nSPS) is 35.9. The first-order valence-electron chi connectivity index (χ1n) is 46.7. The van der Waals surface area contributed by atoms with E-state index in [0.717, 1.165) is 46.4 Å². The predicted molar refractivity (Wildman–Crippen MR) is 466 cm³/mol. The van der Waals surface area contributed by atoms with E-state index < -0.39 is 398 Å². The van der Waals surface area contributed by atoms with Gasteiger partial charge >= 0.3 is 11.9 Å². The van der Waals surface area contributed by atoms with E-state index >= 15 is 4.79 Å². The molecule has 40 atom stereocenters. The Labute approximate surface area is 820 Å². The van der Waals surface area contributed by atoms with Crippen LogP contribution in [-0.4, -0.2) is 522 Å². The fourth-order valence-electron chi connectivity index (χ4n) is 18.6. The number of carboxylic acids is 2. The van der Waals surface area contributed by atoms with Crippen molar-refractivity contribution in [1.82, 2.24) is 62.6 Å². The smallest absolute Gasteiger partial charge is 0.364 e. The third kappa shape index (κ3) is 27.7. The summed E-state index contributed by atoms with van der Waals surface area (Å²) in [5.41, 5.74) is 5.40. The molecule has 60 heteroatoms. The molecule has 0 aromatic rings. The van der Waals surface area contributed by atoms with E-state index in [1.807, 2.05) is 0 Å². The zero-order valence-electron chi connectivity index (χ0n) is 79.8. The minimum atomic E-state index is -3.45. The Kier molecular flexibility index (Phi) is 42.5. The van der Waals surface area contributed by atoms with E-state index in [1.54, 1.807) is 13.8 Å². The standard InChI is InChI=1S/C84H135N13O47/c1-29(2)74(126)95-16-10-13-38(95)71(123)86-21-49(112)93-37(22-98)70(122)94-50(73(125)88-31(4)75(127)97-18-12-15-40(97)76(128)96-17-11-14-39(96)72(124)87-30(3)69(85)121)32(5)134-78-54(92-36(9)107)64(140-80-62(120)68(58(116)46(26-102)136-80)144-84(82(131)132)20-42(109)52(90-34(7)105)66(142-84)56(114)44(111)24-100)59(117)48(138-78)28-133-77-53(91-35(8)106)60(118)63(47(27-103)137-77)139-79-61(119)67(57(115)45(25-101)135-79)143-83(81(129)130)19-41(108)51(89-33(6)104)65(141-83)55(113)43(110)23-99/h29-32,37-48,50-68,77-80,98-103,108-111,113-120H,10-28H2,1-9H3,(H2,85,121)(H,86,123)(H,87,124)(H,88,125)(H,89,104)(H,90,105)(H,91,106)(H,92,107)(H,93,112)(H,94,122)(H,129,130)(H,131,132)/t30?,31?,32?,37?,38?,39?,40?,41-,42-,43+,44+,45?,46?,47?,48?,50?,51+,52+,53+,54+,55+,56+,57-,58-,59-,60?,61+,62+,63-,64?,65?,66?,67?,68?,77+,78+,79-,80-,83-,84-/m0/s1. The van der Waals surface area contributed by atoms with Gasteiger partial charge in [0.15, 0.2) is 25.2 Å². The Balaban J connectivity index is 1.09. The van der Waals surface area contributed by atoms with Gasteiger partial charge in [0.1, 0.15) is 176 Å². The molecular formula is C84H135N13O47. The highest BCUT2D eigenvalue weighted by atomic mass is 16.8. The summed E-state index contributed by atoms with van der Waals surface area (Å²) >= 11 is 0. The number of ether oxygens (including phenoxy) is 12. The van der Waals surface area contributed by atoms with E-state index in [4.69, 9.17) is 62.6 Å². The maximum Gasteiger partial charge on any atom is 0.364 e. The van der Waals surface area contributed by atoms with Crippen LogP contribution in [0.1, 0.15) is 114 Å². The second-order valence-corrected chi connectivity index (χ2v) is 37.0. The number of nitrogens with one attached hydrogen (secondary N) is 9. The number of rotatable bonds is 44. The number of aliphatic carboxylic acids is 2. The van der Waals surface area contributed by atoms with Gasteiger partial charge < -0.3 is 227 Å². The molecule has 818 valence electrons. The first-order chi connectivity index (χ1) is 67.7. The van der Waals surface area contributed by atoms with E-state index in [1.165, 1.54) is 16.7 Å². The molecule has 144 heavy (non-hydrogen) atoms. The first-order valence-corrected chi connectivity index (χ1v) is 46.7. The van der Waals surface area contributed by atoms with Crippen molar-refractivity contribution >= 4 is 88.7 Å². The van der Waals surface area contributed by atoms with Crippen molar-refractivity contribution < 1.29 is 231 Å². The average Bonchev–Trinajstić information content (AvgIpc) is 1.05. The van der Waals surface area contributed by atoms with Gasteiger partial charge in [0.25, 0.3) is 11.6 Å². The number of aliphatic hydroxyl groups excluding tert-OH is 18. The molecule has 9 aliphatic rings. The summed E-state index contributed by atoms with van der Waals surface area (Å²) in [5, 5.41) is 246. The molecule has 60 nitrogen and oxygen atoms in total. The Morgan fingerprint density at radius 3 is 1.33 bits per heavy atom. The number of hydrogen-bond donors (Lipinski definition) is 30. The van der Waals surface area contributed by atoms with Crippen LogP contribution in [0.5, 0.6) is 0 Å². The molecule has 18 unspecified atom stereocenters. The quantitative estimate of drug-likeness (QED) is 0.0269. The Bertz CT molecular complexity index is 4450. The van der Waals surface area contributed by atoms with Crippen molar-refractivity contribution in [2.75, 3.05) is 72.4 Å². The fourth-order valence-corrected chi connectivity index (χ4v) is 18.6. The highest BCUT2D eigenvalue weighted by Crippen LogP contribution is 2.43. The number of nitrogens with zero attached hydrogens (tertiary/aromatic N) is 3. The molecule has 0 aromatic heterocycles. The van der Waals surface area contributed by atoms with Crippen LogP contribution in [0, 0.1) is 5.92 Å². The van der Waals surface area contributed by atoms with Crippen LogP contribution >= 0.6 is 0 Å². The molecule has 9 saturated heterocycles. The molecule has 0 aromatic carbocycles. The molecule has 0 bridgehead atoms. The zero-order valence-corrected chi connectivity index (χ0v) is 79.8. The van der Waals surface area contributed by atoms with Gasteiger partial charge in [-0.1, -0.05) is 13.8 Å². The van der Waals surface area contributed by atoms with Gasteiger partial charge in [-0.3, -0.25) is 62.3 Å². The maximum absolute atomic E-state index is 15.5. The number of likely N-dealkylation sites (tertiary alicyclic amines) is 3. The van der Waals surface area contributed by atoms with Gasteiger partial charge in [0, 0.05) is 66.1 Å². The van der Waals surface area contributed by atoms with Crippen LogP contribution in [0.15, 0.2) is 0 Å². The van der Waals surface area contributed by atoms with Crippen LogP contribution in [0.2, 0.25) is 0 Å². The second-order valence-electron chi connectivity index (χ2n) is 37.0. The minimum absolute atomic E-state index is 0.0125. The summed E-state index contributed by atoms with van der Waals surface area (Å²) in [7, 11) is 0. The van der Waals surface area contributed by atoms with Crippen LogP contribution in [-0.2, 0) is 129 Å². The molecule has 9 aliphatic heterocycles. The van der Waals surface area contributed by atoms with Gasteiger partial charge in [0.05, 0.1) is 83.2 Å². The predicted octanol–water partition coefficient (Wildman–Crippen LogP) is -18.5. The highest BCUT2D eigenvalue weighted by molar-refractivity contribution is 5.98. The van der Waals surface area contributed by atoms with Crippen molar-refractivity contribution in [1.29, 1.82) is 0 Å². The third-order valence-electron chi connectivity index (χ3n) is 26.1. The van der Waals surface area contributed by atoms with Crippen LogP contribution in [0.3, 0.4) is 0 Å². The number of carbonyl (C=O) groups excluding carboxylic acids is 13. The molecule has 13 amide bonds. The number of hydrogen-bond acceptors (Lipinski definition) is 45. The molecule has 0 radical (unpaired) electrons. The van der Waals surface area contributed by atoms with Gasteiger partial charge in [0.2, 0.25) is 76.8 Å². The zero-order chi connectivity index (χ0) is 107. The van der Waals surface area contributed by atoms with Gasteiger partial charge in [-0.25, -0.2) is 9.59 Å². The van der Waals surface area contributed by atoms with Crippen molar-refractivity contribution in [3.63, 3.8) is 0 Å². The summed E-state index contributed by atoms with van der Waals surface area (Å²) < 4.78 is 72.4. The lowest BCUT2D eigenvalue weighted by Gasteiger charge is -2.51. The second kappa shape index (κ2) is 51.7. The monoisotopic (exact) mass is 2080 g/mol. The van der Waals surface area contributed by atoms with Crippen molar-refractivity contribution in [3.8, 4) is 0 Å². The maximum atomic E-state index is 15.5. The van der Waals surface area contributed by atoms with Crippen molar-refractivity contribution in [2.24, 2.45) is 11.7 Å². The number of aliphatic hydroxyl groups is 18. The average molecular weight is 2080 g/mol. The lowest BCUT2D eigenvalue weighted by molar-refractivity contribution is -0.385. The molecular weight excluding hydrogens is 1940 g/mol. The topological polar surface area (TPSA) is 915 Å². The number of amides is 13. The van der Waals surface area contributed by atoms with E-state index in [0.29, 0.717) is 12.8 Å². The summed E-state index contributed by atoms with van der Waals surface area (Å²) in [6.07, 6.45) is -64.3. The summed E-state index contributed by atoms with van der Waals surface area (Å²) in [5.74, 6) is -24.3. The molecule has 0 aliphatic carbocycles. The largest absolute Gasteiger partial charge is 0.477 e. The molecule has 0 saturated carbocycles. The van der Waals surface area contributed by atoms with E-state index in [9.17, 15) is 169 Å². The van der Waals surface area contributed by atoms with Crippen LogP contribution in [0.25, 0.3) is 0 Å². The van der Waals surface area contributed by atoms with E-state index in [-0.39, 0.29) is 51.2 Å². The fraction of sp³-hybridized carbons (Fsp3) is 0.821. The third-order valence-corrected chi connectivity index (χ3v) is 26.1. The Hall–Kier alpha value is -9.15. The van der Waals surface area contributed by atoms with Gasteiger partial charge in [-0.2, -0.15) is 0 Å². The summed E-state index contributed by atoms with van der Waals surface area (Å²) in [4.78, 5) is 208. The minimum Gasteiger partial charge on any atom is -0.477 e. The van der Waals surface area contributed by atoms with Gasteiger partial charge in [-0.05, 0) is 59.3 Å². The van der Waals surface area contributed by atoms with E-state index in [2.05, 4.69) is 47.9 Å². The molecule has 9 heterocycles. The Morgan fingerprint density at radius 2 is 0.875 bits per heavy atom. The number of nitrogens with two attached hydrogens (primary N) is 1. The first kappa shape index (κ1) is 118. The lowest BCUT2D eigenvalue weighted by Crippen LogP contribution is -2.71. The Morgan fingerprint density at radius 1 is 0.444 bits per heavy atom. The van der Waals surface area contributed by atoms with Crippen LogP contribution in [0.4, 0.5) is 0 Å². The molecule has 9 fully saturated rings. The molecule has 31 N–H and O–H groups in total. The summed E-state index contributed by atoms with van der Waals surface area (Å²) in [6.45, 7) is 0.428. The number of carboxylic acid groups (broad SMARTS) is 2. The SMILES string of the molecule is CC(=O)N[C@@H]1C(O[C@@H]2OC(CO)[C@H](O)C(O[C@]3(C(=O)O)C[C@H](O)[C@@H](NC(C)=O)C([C@H](O)[C@H](O)CO)O3)[C@H]2O)[C@@H](O)C(CO[C@@H]2OC(CO)[C@H](O[C@@H]3OC(CO)[C@H](O)C(O[C@]4(C(=O)O)C[C@H](O)[C@@H](NC(C)=O)C([C@H](O)[C@H](O)CO)O4)[C@H]3O)C(O)[C@H]2NC(C)=O)O[C@H]1OC(C)C(NC(=O)C(CO)NC(=O)CNC(=O)C1CCCN1C(=O)C(C)C)C(=O)NC(C)C(=O)N1CCCC1C(=O)N1CCCC1C(=O)NC(C)C(N)=O. The number of primary amides is 1. The lowest BCUT2D eigenvalue weighted by atomic mass is 9.88. The molecule has 9 rings (SSSR count). The van der Waals surface area contributed by atoms with Crippen LogP contribution < -0.4 is 53.6 Å². The van der Waals surface area contributed by atoms with Crippen molar-refractivity contribution in [2.45, 2.75) is 357 Å². The molecule has 0 spiro atoms. The van der Waals surface area contributed by atoms with Gasteiger partial charge in [-0.15, -0.1) is 0 Å². The highest BCUT2D eigenvalue weighted by Gasteiger charge is 2.64. The number of carbonyl (C=O) groups is 15. The summed E-state index contributed by atoms with van der Waals surface area (Å²) in [6, 6.07) is -18.8.